The van der Waals surface area contributed by atoms with Crippen molar-refractivity contribution in [1.29, 1.82) is 0 Å². The molecule has 0 amide bonds. The number of benzene rings is 1. The number of nitro benzene ring substituents is 1. The van der Waals surface area contributed by atoms with Crippen LogP contribution >= 0.6 is 0 Å². The van der Waals surface area contributed by atoms with Gasteiger partial charge in [0.25, 0.3) is 5.69 Å². The minimum Gasteiger partial charge on any atom is -0.486 e. The normalized spacial score (nSPS) is 9.71. The maximum absolute atomic E-state index is 13.3. The molecule has 0 aliphatic rings. The van der Waals surface area contributed by atoms with Gasteiger partial charge in [-0.15, -0.1) is 0 Å². The van der Waals surface area contributed by atoms with E-state index >= 15 is 0 Å². The fraction of sp³-hybridized carbons (Fsp3) is 0.100. The maximum atomic E-state index is 13.3. The molecule has 17 heavy (non-hydrogen) atoms. The largest absolute Gasteiger partial charge is 0.486 e. The molecule has 0 saturated carbocycles. The summed E-state index contributed by atoms with van der Waals surface area (Å²) >= 11 is 0. The van der Waals surface area contributed by atoms with Crippen molar-refractivity contribution in [3.05, 3.63) is 46.3 Å². The third-order valence-corrected chi connectivity index (χ3v) is 1.83. The van der Waals surface area contributed by atoms with E-state index in [2.05, 4.69) is 6.58 Å². The van der Waals surface area contributed by atoms with Crippen LogP contribution in [0.2, 0.25) is 0 Å². The van der Waals surface area contributed by atoms with E-state index in [9.17, 15) is 19.3 Å². The highest BCUT2D eigenvalue weighted by atomic mass is 19.1. The van der Waals surface area contributed by atoms with Crippen LogP contribution in [0.3, 0.4) is 0 Å². The Labute approximate surface area is 95.1 Å². The molecule has 6 nitrogen and oxygen atoms in total. The van der Waals surface area contributed by atoms with Gasteiger partial charge < -0.3 is 9.84 Å². The lowest BCUT2D eigenvalue weighted by Crippen LogP contribution is -2.09. The molecule has 0 heterocycles. The SMILES string of the molecule is C=C(COc1ccc([N+](=O)[O-])cc1F)C(=O)O. The van der Waals surface area contributed by atoms with E-state index in [4.69, 9.17) is 9.84 Å². The fourth-order valence-electron chi connectivity index (χ4n) is 0.947. The third-order valence-electron chi connectivity index (χ3n) is 1.83. The molecule has 0 aromatic heterocycles. The molecule has 0 radical (unpaired) electrons. The molecular formula is C10H8FNO5. The molecule has 90 valence electrons. The second-order valence-corrected chi connectivity index (χ2v) is 3.07. The Morgan fingerprint density at radius 1 is 1.59 bits per heavy atom. The summed E-state index contributed by atoms with van der Waals surface area (Å²) in [7, 11) is 0. The molecule has 0 fully saturated rings. The van der Waals surface area contributed by atoms with Crippen molar-refractivity contribution in [2.75, 3.05) is 6.61 Å². The number of nitro groups is 1. The zero-order valence-corrected chi connectivity index (χ0v) is 8.55. The number of carbonyl (C=O) groups is 1. The second kappa shape index (κ2) is 5.06. The Balaban J connectivity index is 2.76. The highest BCUT2D eigenvalue weighted by Gasteiger charge is 2.12. The average Bonchev–Trinajstić information content (AvgIpc) is 2.26. The minimum absolute atomic E-state index is 0.247. The van der Waals surface area contributed by atoms with Crippen LogP contribution in [0, 0.1) is 15.9 Å². The first kappa shape index (κ1) is 12.6. The van der Waals surface area contributed by atoms with Crippen molar-refractivity contribution in [2.45, 2.75) is 0 Å². The Morgan fingerprint density at radius 3 is 2.71 bits per heavy atom. The number of halogens is 1. The van der Waals surface area contributed by atoms with Gasteiger partial charge in [-0.2, -0.15) is 0 Å². The lowest BCUT2D eigenvalue weighted by molar-refractivity contribution is -0.385. The number of hydrogen-bond acceptors (Lipinski definition) is 4. The number of non-ortho nitro benzene ring substituents is 1. The maximum Gasteiger partial charge on any atom is 0.334 e. The van der Waals surface area contributed by atoms with Gasteiger partial charge in [0.2, 0.25) is 0 Å². The molecule has 0 saturated heterocycles. The summed E-state index contributed by atoms with van der Waals surface area (Å²) in [5.41, 5.74) is -0.658. The van der Waals surface area contributed by atoms with Gasteiger partial charge in [-0.05, 0) is 6.07 Å². The molecule has 0 aliphatic heterocycles. The van der Waals surface area contributed by atoms with E-state index in [1.54, 1.807) is 0 Å². The molecule has 7 heteroatoms. The number of hydrogen-bond donors (Lipinski definition) is 1. The third kappa shape index (κ3) is 3.26. The van der Waals surface area contributed by atoms with E-state index in [-0.39, 0.29) is 11.3 Å². The lowest BCUT2D eigenvalue weighted by atomic mass is 10.3. The zero-order valence-electron chi connectivity index (χ0n) is 8.55. The zero-order chi connectivity index (χ0) is 13.0. The number of carboxylic acid groups (broad SMARTS) is 1. The summed E-state index contributed by atoms with van der Waals surface area (Å²) in [6.45, 7) is 2.79. The summed E-state index contributed by atoms with van der Waals surface area (Å²) in [6.07, 6.45) is 0. The van der Waals surface area contributed by atoms with Crippen molar-refractivity contribution < 1.29 is 24.0 Å². The summed E-state index contributed by atoms with van der Waals surface area (Å²) in [5.74, 6) is -2.46. The van der Waals surface area contributed by atoms with E-state index in [1.807, 2.05) is 0 Å². The first-order valence-corrected chi connectivity index (χ1v) is 4.39. The van der Waals surface area contributed by atoms with Crippen LogP contribution in [0.25, 0.3) is 0 Å². The standard InChI is InChI=1S/C10H8FNO5/c1-6(10(13)14)5-17-9-3-2-7(12(15)16)4-8(9)11/h2-4H,1,5H2,(H,13,14). The first-order chi connectivity index (χ1) is 7.91. The summed E-state index contributed by atoms with van der Waals surface area (Å²) in [6, 6.07) is 2.81. The molecule has 1 rings (SSSR count). The average molecular weight is 241 g/mol. The summed E-state index contributed by atoms with van der Waals surface area (Å²) < 4.78 is 18.1. The van der Waals surface area contributed by atoms with E-state index < -0.39 is 29.0 Å². The molecule has 1 N–H and O–H groups in total. The number of ether oxygens (including phenoxy) is 1. The Bertz CT molecular complexity index is 486. The molecule has 0 bridgehead atoms. The Hall–Kier alpha value is -2.44. The van der Waals surface area contributed by atoms with Crippen LogP contribution in [0.1, 0.15) is 0 Å². The quantitative estimate of drug-likeness (QED) is 0.482. The minimum atomic E-state index is -1.26. The first-order valence-electron chi connectivity index (χ1n) is 4.39. The lowest BCUT2D eigenvalue weighted by Gasteiger charge is -2.06. The summed E-state index contributed by atoms with van der Waals surface area (Å²) in [5, 5.41) is 18.8. The van der Waals surface area contributed by atoms with Gasteiger partial charge in [0, 0.05) is 6.07 Å². The van der Waals surface area contributed by atoms with Crippen molar-refractivity contribution in [3.63, 3.8) is 0 Å². The van der Waals surface area contributed by atoms with Crippen LogP contribution in [0.4, 0.5) is 10.1 Å². The number of nitrogens with zero attached hydrogens (tertiary/aromatic N) is 1. The van der Waals surface area contributed by atoms with E-state index in [0.717, 1.165) is 12.1 Å². The number of aliphatic carboxylic acids is 1. The van der Waals surface area contributed by atoms with Gasteiger partial charge in [-0.1, -0.05) is 6.58 Å². The molecule has 0 unspecified atom stereocenters. The van der Waals surface area contributed by atoms with E-state index in [1.165, 1.54) is 0 Å². The number of rotatable bonds is 5. The molecule has 1 aromatic carbocycles. The number of carboxylic acids is 1. The van der Waals surface area contributed by atoms with Crippen LogP contribution in [-0.4, -0.2) is 22.6 Å². The van der Waals surface area contributed by atoms with Crippen LogP contribution < -0.4 is 4.74 Å². The predicted octanol–water partition coefficient (Wildman–Crippen LogP) is 1.75. The predicted molar refractivity (Wildman–Crippen MR) is 55.3 cm³/mol. The van der Waals surface area contributed by atoms with Crippen LogP contribution in [0.15, 0.2) is 30.4 Å². The summed E-state index contributed by atoms with van der Waals surface area (Å²) in [4.78, 5) is 20.0. The van der Waals surface area contributed by atoms with Crippen LogP contribution in [-0.2, 0) is 4.79 Å². The highest BCUT2D eigenvalue weighted by Crippen LogP contribution is 2.22. The smallest absolute Gasteiger partial charge is 0.334 e. The molecule has 1 aromatic rings. The Kier molecular flexibility index (Phi) is 3.76. The van der Waals surface area contributed by atoms with Gasteiger partial charge >= 0.3 is 5.97 Å². The van der Waals surface area contributed by atoms with Gasteiger partial charge in [0.1, 0.15) is 6.61 Å². The van der Waals surface area contributed by atoms with Crippen molar-refractivity contribution >= 4 is 11.7 Å². The van der Waals surface area contributed by atoms with Gasteiger partial charge in [-0.3, -0.25) is 10.1 Å². The molecule has 0 aliphatic carbocycles. The van der Waals surface area contributed by atoms with Gasteiger partial charge in [0.15, 0.2) is 11.6 Å². The van der Waals surface area contributed by atoms with Crippen molar-refractivity contribution in [2.24, 2.45) is 0 Å². The molecule has 0 atom stereocenters. The van der Waals surface area contributed by atoms with Gasteiger partial charge in [-0.25, -0.2) is 9.18 Å². The molecule has 0 spiro atoms. The van der Waals surface area contributed by atoms with Gasteiger partial charge in [0.05, 0.1) is 16.6 Å². The Morgan fingerprint density at radius 2 is 2.24 bits per heavy atom. The van der Waals surface area contributed by atoms with E-state index in [0.29, 0.717) is 6.07 Å². The fourth-order valence-corrected chi connectivity index (χ4v) is 0.947. The monoisotopic (exact) mass is 241 g/mol. The van der Waals surface area contributed by atoms with Crippen molar-refractivity contribution in [3.8, 4) is 5.75 Å². The topological polar surface area (TPSA) is 89.7 Å². The molecular weight excluding hydrogens is 233 g/mol. The van der Waals surface area contributed by atoms with Crippen molar-refractivity contribution in [1.82, 2.24) is 0 Å². The second-order valence-electron chi connectivity index (χ2n) is 3.07. The van der Waals surface area contributed by atoms with Crippen LogP contribution in [0.5, 0.6) is 5.75 Å². The highest BCUT2D eigenvalue weighted by molar-refractivity contribution is 5.86.